The summed E-state index contributed by atoms with van der Waals surface area (Å²) in [6.07, 6.45) is 2.65. The first-order valence-corrected chi connectivity index (χ1v) is 4.95. The third-order valence-electron chi connectivity index (χ3n) is 3.06. The van der Waals surface area contributed by atoms with Crippen LogP contribution >= 0.6 is 0 Å². The summed E-state index contributed by atoms with van der Waals surface area (Å²) >= 11 is 0. The van der Waals surface area contributed by atoms with Crippen LogP contribution in [0.1, 0.15) is 26.2 Å². The highest BCUT2D eigenvalue weighted by Crippen LogP contribution is 2.54. The third-order valence-corrected chi connectivity index (χ3v) is 3.06. The zero-order valence-corrected chi connectivity index (χ0v) is 7.79. The van der Waals surface area contributed by atoms with E-state index in [4.69, 9.17) is 4.74 Å². The lowest BCUT2D eigenvalue weighted by Gasteiger charge is -2.04. The number of Topliss-reactive ketones (excluding diaryl/α,β-unsaturated/α-hetero) is 1. The van der Waals surface area contributed by atoms with Gasteiger partial charge in [-0.1, -0.05) is 0 Å². The van der Waals surface area contributed by atoms with E-state index >= 15 is 0 Å². The van der Waals surface area contributed by atoms with Gasteiger partial charge in [-0.25, -0.2) is 0 Å². The van der Waals surface area contributed by atoms with Gasteiger partial charge in [0.05, 0.1) is 12.5 Å². The van der Waals surface area contributed by atoms with Gasteiger partial charge in [0.2, 0.25) is 0 Å². The molecule has 0 aromatic carbocycles. The molecule has 0 bridgehead atoms. The Labute approximate surface area is 77.4 Å². The molecule has 0 aliphatic heterocycles. The monoisotopic (exact) mass is 182 g/mol. The largest absolute Gasteiger partial charge is 0.466 e. The van der Waals surface area contributed by atoms with Crippen LogP contribution in [0.5, 0.6) is 0 Å². The van der Waals surface area contributed by atoms with Crippen molar-refractivity contribution in [2.45, 2.75) is 26.2 Å². The van der Waals surface area contributed by atoms with Gasteiger partial charge < -0.3 is 4.74 Å². The number of fused-ring (bicyclic) bond motifs is 1. The molecule has 13 heavy (non-hydrogen) atoms. The molecule has 0 aromatic heterocycles. The van der Waals surface area contributed by atoms with Gasteiger partial charge in [-0.05, 0) is 25.7 Å². The molecule has 3 heteroatoms. The highest BCUT2D eigenvalue weighted by Gasteiger charge is 2.60. The zero-order valence-electron chi connectivity index (χ0n) is 7.79. The smallest absolute Gasteiger partial charge is 0.309 e. The number of ether oxygens (including phenoxy) is 1. The van der Waals surface area contributed by atoms with E-state index in [1.807, 2.05) is 0 Å². The number of esters is 1. The molecule has 0 N–H and O–H groups in total. The Balaban J connectivity index is 1.97. The Kier molecular flexibility index (Phi) is 2.10. The first-order chi connectivity index (χ1) is 6.25. The summed E-state index contributed by atoms with van der Waals surface area (Å²) in [7, 11) is 0. The van der Waals surface area contributed by atoms with Crippen LogP contribution in [0.25, 0.3) is 0 Å². The maximum Gasteiger partial charge on any atom is 0.309 e. The van der Waals surface area contributed by atoms with Gasteiger partial charge in [0.15, 0.2) is 0 Å². The number of hydrogen-bond donors (Lipinski definition) is 0. The van der Waals surface area contributed by atoms with Gasteiger partial charge in [-0.15, -0.1) is 0 Å². The van der Waals surface area contributed by atoms with Crippen molar-refractivity contribution in [2.24, 2.45) is 17.8 Å². The molecule has 3 atom stereocenters. The molecule has 2 aliphatic carbocycles. The SMILES string of the molecule is CCOC(=O)[C@@H]1[C@H]2CCCC(=O)[C@@H]21. The molecule has 0 heterocycles. The molecule has 0 amide bonds. The number of ketones is 1. The van der Waals surface area contributed by atoms with Crippen LogP contribution in [0.4, 0.5) is 0 Å². The van der Waals surface area contributed by atoms with Crippen molar-refractivity contribution < 1.29 is 14.3 Å². The highest BCUT2D eigenvalue weighted by atomic mass is 16.5. The van der Waals surface area contributed by atoms with Crippen LogP contribution in [-0.2, 0) is 14.3 Å². The fourth-order valence-corrected chi connectivity index (χ4v) is 2.41. The Morgan fingerprint density at radius 1 is 1.62 bits per heavy atom. The van der Waals surface area contributed by atoms with Gasteiger partial charge in [-0.2, -0.15) is 0 Å². The summed E-state index contributed by atoms with van der Waals surface area (Å²) < 4.78 is 4.91. The molecule has 0 saturated heterocycles. The minimum absolute atomic E-state index is 0.0211. The van der Waals surface area contributed by atoms with E-state index in [0.717, 1.165) is 12.8 Å². The van der Waals surface area contributed by atoms with Crippen molar-refractivity contribution in [3.8, 4) is 0 Å². The summed E-state index contributed by atoms with van der Waals surface area (Å²) in [6.45, 7) is 2.22. The molecule has 3 nitrogen and oxygen atoms in total. The lowest BCUT2D eigenvalue weighted by atomic mass is 10.00. The molecule has 0 aromatic rings. The molecule has 2 aliphatic rings. The second-order valence-corrected chi connectivity index (χ2v) is 3.83. The predicted octanol–water partition coefficient (Wildman–Crippen LogP) is 1.16. The molecule has 72 valence electrons. The van der Waals surface area contributed by atoms with Gasteiger partial charge in [-0.3, -0.25) is 9.59 Å². The minimum atomic E-state index is -0.159. The summed E-state index contributed by atoms with van der Waals surface area (Å²) in [5, 5.41) is 0. The first-order valence-electron chi connectivity index (χ1n) is 4.95. The minimum Gasteiger partial charge on any atom is -0.466 e. The van der Waals surface area contributed by atoms with Crippen LogP contribution in [-0.4, -0.2) is 18.4 Å². The lowest BCUT2D eigenvalue weighted by molar-refractivity contribution is -0.146. The summed E-state index contributed by atoms with van der Waals surface area (Å²) in [6, 6.07) is 0. The predicted molar refractivity (Wildman–Crippen MR) is 46.0 cm³/mol. The van der Waals surface area contributed by atoms with E-state index in [-0.39, 0.29) is 23.6 Å². The van der Waals surface area contributed by atoms with Crippen LogP contribution < -0.4 is 0 Å². The number of carbonyl (C=O) groups is 2. The maximum atomic E-state index is 11.3. The third kappa shape index (κ3) is 1.36. The Hall–Kier alpha value is -0.860. The van der Waals surface area contributed by atoms with Crippen molar-refractivity contribution in [3.05, 3.63) is 0 Å². The Morgan fingerprint density at radius 2 is 2.38 bits per heavy atom. The van der Waals surface area contributed by atoms with Crippen LogP contribution in [0.2, 0.25) is 0 Å². The van der Waals surface area contributed by atoms with Crippen molar-refractivity contribution in [1.82, 2.24) is 0 Å². The standard InChI is InChI=1S/C10H14O3/c1-2-13-10(12)9-6-4-3-5-7(11)8(6)9/h6,8-9H,2-5H2,1H3/t6-,8+,9+/m0/s1. The topological polar surface area (TPSA) is 43.4 Å². The number of carbonyl (C=O) groups excluding carboxylic acids is 2. The van der Waals surface area contributed by atoms with Crippen LogP contribution in [0.3, 0.4) is 0 Å². The van der Waals surface area contributed by atoms with E-state index in [1.54, 1.807) is 6.92 Å². The van der Waals surface area contributed by atoms with Crippen molar-refractivity contribution in [1.29, 1.82) is 0 Å². The average Bonchev–Trinajstić information content (AvgIpc) is 2.80. The van der Waals surface area contributed by atoms with Gasteiger partial charge in [0.1, 0.15) is 5.78 Å². The molecule has 2 fully saturated rings. The second-order valence-electron chi connectivity index (χ2n) is 3.83. The summed E-state index contributed by atoms with van der Waals surface area (Å²) in [4.78, 5) is 22.7. The molecule has 2 rings (SSSR count). The van der Waals surface area contributed by atoms with Crippen LogP contribution in [0, 0.1) is 17.8 Å². The lowest BCUT2D eigenvalue weighted by Crippen LogP contribution is -2.11. The molecule has 0 radical (unpaired) electrons. The molecule has 0 spiro atoms. The van der Waals surface area contributed by atoms with E-state index in [0.29, 0.717) is 18.9 Å². The number of rotatable bonds is 2. The van der Waals surface area contributed by atoms with Gasteiger partial charge in [0.25, 0.3) is 0 Å². The van der Waals surface area contributed by atoms with Gasteiger partial charge in [0, 0.05) is 12.3 Å². The van der Waals surface area contributed by atoms with Crippen molar-refractivity contribution in [2.75, 3.05) is 6.61 Å². The van der Waals surface area contributed by atoms with E-state index in [1.165, 1.54) is 0 Å². The average molecular weight is 182 g/mol. The van der Waals surface area contributed by atoms with Crippen LogP contribution in [0.15, 0.2) is 0 Å². The summed E-state index contributed by atoms with van der Waals surface area (Å²) in [5.74, 6) is 0.366. The normalized spacial score (nSPS) is 36.7. The highest BCUT2D eigenvalue weighted by molar-refractivity contribution is 5.93. The van der Waals surface area contributed by atoms with E-state index in [9.17, 15) is 9.59 Å². The molecule has 0 unspecified atom stereocenters. The number of hydrogen-bond acceptors (Lipinski definition) is 3. The molecule has 2 saturated carbocycles. The van der Waals surface area contributed by atoms with Gasteiger partial charge >= 0.3 is 5.97 Å². The quantitative estimate of drug-likeness (QED) is 0.602. The molecular formula is C10H14O3. The molecular weight excluding hydrogens is 168 g/mol. The summed E-state index contributed by atoms with van der Waals surface area (Å²) in [5.41, 5.74) is 0. The fourth-order valence-electron chi connectivity index (χ4n) is 2.41. The van der Waals surface area contributed by atoms with Crippen molar-refractivity contribution in [3.63, 3.8) is 0 Å². The first kappa shape index (κ1) is 8.73. The Morgan fingerprint density at radius 3 is 3.00 bits per heavy atom. The van der Waals surface area contributed by atoms with E-state index in [2.05, 4.69) is 0 Å². The Bertz CT molecular complexity index is 247. The fraction of sp³-hybridized carbons (Fsp3) is 0.800. The van der Waals surface area contributed by atoms with E-state index < -0.39 is 0 Å². The van der Waals surface area contributed by atoms with Crippen molar-refractivity contribution >= 4 is 11.8 Å². The second kappa shape index (κ2) is 3.13. The maximum absolute atomic E-state index is 11.3. The zero-order chi connectivity index (χ0) is 9.42.